The molecule has 2 aromatic carbocycles. The summed E-state index contributed by atoms with van der Waals surface area (Å²) in [5.74, 6) is -1.14. The average Bonchev–Trinajstić information content (AvgIpc) is 3.17. The average molecular weight is 513 g/mol. The lowest BCUT2D eigenvalue weighted by Gasteiger charge is -2.46. The summed E-state index contributed by atoms with van der Waals surface area (Å²) in [4.78, 5) is 0. The number of fused-ring (bicyclic) bond motifs is 1. The van der Waals surface area contributed by atoms with Crippen LogP contribution in [0.3, 0.4) is 0 Å². The van der Waals surface area contributed by atoms with Gasteiger partial charge in [0, 0.05) is 19.6 Å². The highest BCUT2D eigenvalue weighted by Crippen LogP contribution is 2.44. The highest BCUT2D eigenvalue weighted by Gasteiger charge is 2.57. The van der Waals surface area contributed by atoms with E-state index in [1.54, 1.807) is 7.11 Å². The minimum Gasteiger partial charge on any atom is -0.407 e. The van der Waals surface area contributed by atoms with Crippen molar-refractivity contribution in [3.63, 3.8) is 0 Å². The Labute approximate surface area is 216 Å². The van der Waals surface area contributed by atoms with E-state index in [-0.39, 0.29) is 17.7 Å². The van der Waals surface area contributed by atoms with Crippen molar-refractivity contribution in [3.05, 3.63) is 72.8 Å². The van der Waals surface area contributed by atoms with Crippen LogP contribution in [0, 0.1) is 5.92 Å². The summed E-state index contributed by atoms with van der Waals surface area (Å²) in [6, 6.07) is 21.0. The van der Waals surface area contributed by atoms with E-state index in [2.05, 4.69) is 75.9 Å². The molecule has 1 aliphatic carbocycles. The summed E-state index contributed by atoms with van der Waals surface area (Å²) in [5, 5.41) is 13.4. The molecule has 0 aromatic heterocycles. The topological polar surface area (TPSA) is 66.4 Å². The Bertz CT molecular complexity index is 980. The Hall–Kier alpha value is -1.84. The highest BCUT2D eigenvalue weighted by atomic mass is 28.4. The summed E-state index contributed by atoms with van der Waals surface area (Å²) in [6.45, 7) is 15.1. The van der Waals surface area contributed by atoms with Gasteiger partial charge in [0.2, 0.25) is 0 Å². The smallest absolute Gasteiger partial charge is 0.261 e. The lowest BCUT2D eigenvalue weighted by atomic mass is 9.78. The SMILES string of the molecule is C=C1[C@@H](O)[C@H]2OC(C)(C)O[C@H]2[C@H](OCOC)[C@@H]1CO[Si](c1ccccc1)(c1ccccc1)C(C)(C)C. The maximum absolute atomic E-state index is 11.2. The van der Waals surface area contributed by atoms with E-state index in [0.717, 1.165) is 0 Å². The lowest BCUT2D eigenvalue weighted by Crippen LogP contribution is -2.67. The molecular weight excluding hydrogens is 472 g/mol. The second-order valence-corrected chi connectivity index (χ2v) is 15.5. The van der Waals surface area contributed by atoms with Gasteiger partial charge < -0.3 is 28.5 Å². The third-order valence-electron chi connectivity index (χ3n) is 7.33. The van der Waals surface area contributed by atoms with Crippen LogP contribution in [0.15, 0.2) is 72.8 Å². The molecule has 1 saturated heterocycles. The van der Waals surface area contributed by atoms with Crippen LogP contribution in [-0.4, -0.2) is 64.1 Å². The molecule has 1 heterocycles. The molecule has 2 fully saturated rings. The quantitative estimate of drug-likeness (QED) is 0.331. The summed E-state index contributed by atoms with van der Waals surface area (Å²) in [6.07, 6.45) is -2.35. The predicted octanol–water partition coefficient (Wildman–Crippen LogP) is 3.62. The number of aliphatic hydroxyl groups is 1. The van der Waals surface area contributed by atoms with Gasteiger partial charge >= 0.3 is 0 Å². The molecule has 5 atom stereocenters. The van der Waals surface area contributed by atoms with Gasteiger partial charge in [-0.15, -0.1) is 0 Å². The monoisotopic (exact) mass is 512 g/mol. The Morgan fingerprint density at radius 3 is 1.97 bits per heavy atom. The number of hydrogen-bond donors (Lipinski definition) is 1. The number of benzene rings is 2. The first-order valence-electron chi connectivity index (χ1n) is 12.6. The molecule has 4 rings (SSSR count). The van der Waals surface area contributed by atoms with Crippen molar-refractivity contribution in [2.24, 2.45) is 5.92 Å². The minimum absolute atomic E-state index is 0.0940. The van der Waals surface area contributed by atoms with Gasteiger partial charge in [0.1, 0.15) is 25.1 Å². The van der Waals surface area contributed by atoms with Gasteiger partial charge in [-0.3, -0.25) is 0 Å². The number of rotatable bonds is 8. The first-order chi connectivity index (χ1) is 17.0. The fraction of sp³-hybridized carbons (Fsp3) is 0.517. The van der Waals surface area contributed by atoms with E-state index < -0.39 is 38.5 Å². The molecule has 1 saturated carbocycles. The standard InChI is InChI=1S/C29H40O6Si/c1-20-23(25(32-19-31-7)27-26(24(20)30)34-29(5,6)35-27)18-33-36(28(2,3)4,21-14-10-8-11-15-21)22-16-12-9-13-17-22/h8-17,23-27,30H,1,18-19H2,2-7H3/t23-,24-,25-,26-,27+/m1/s1. The summed E-state index contributed by atoms with van der Waals surface area (Å²) in [7, 11) is -1.20. The first-order valence-corrected chi connectivity index (χ1v) is 14.5. The molecule has 2 aliphatic rings. The van der Waals surface area contributed by atoms with Crippen molar-refractivity contribution in [1.82, 2.24) is 0 Å². The van der Waals surface area contributed by atoms with E-state index in [1.807, 2.05) is 26.0 Å². The van der Waals surface area contributed by atoms with E-state index in [0.29, 0.717) is 12.2 Å². The van der Waals surface area contributed by atoms with Gasteiger partial charge in [-0.1, -0.05) is 88.0 Å². The van der Waals surface area contributed by atoms with E-state index >= 15 is 0 Å². The Balaban J connectivity index is 1.74. The second kappa shape index (κ2) is 10.5. The lowest BCUT2D eigenvalue weighted by molar-refractivity contribution is -0.178. The van der Waals surface area contributed by atoms with Crippen molar-refractivity contribution in [2.45, 2.75) is 69.9 Å². The number of hydrogen-bond acceptors (Lipinski definition) is 6. The first kappa shape index (κ1) is 27.2. The van der Waals surface area contributed by atoms with E-state index in [1.165, 1.54) is 10.4 Å². The predicted molar refractivity (Wildman–Crippen MR) is 143 cm³/mol. The Morgan fingerprint density at radius 2 is 1.47 bits per heavy atom. The van der Waals surface area contributed by atoms with Crippen LogP contribution in [0.2, 0.25) is 5.04 Å². The number of aliphatic hydroxyl groups excluding tert-OH is 1. The second-order valence-electron chi connectivity index (χ2n) is 11.2. The molecule has 1 aliphatic heterocycles. The van der Waals surface area contributed by atoms with Crippen LogP contribution in [0.5, 0.6) is 0 Å². The molecule has 196 valence electrons. The fourth-order valence-corrected chi connectivity index (χ4v) is 10.3. The Morgan fingerprint density at radius 1 is 0.944 bits per heavy atom. The number of methoxy groups -OCH3 is 1. The summed E-state index contributed by atoms with van der Waals surface area (Å²) < 4.78 is 30.9. The molecule has 6 nitrogen and oxygen atoms in total. The van der Waals surface area contributed by atoms with Gasteiger partial charge in [0.25, 0.3) is 8.32 Å². The van der Waals surface area contributed by atoms with Crippen molar-refractivity contribution < 1.29 is 28.5 Å². The molecule has 36 heavy (non-hydrogen) atoms. The van der Waals surface area contributed by atoms with Gasteiger partial charge in [-0.25, -0.2) is 0 Å². The van der Waals surface area contributed by atoms with Gasteiger partial charge in [-0.05, 0) is 34.8 Å². The van der Waals surface area contributed by atoms with Crippen molar-refractivity contribution >= 4 is 18.7 Å². The van der Waals surface area contributed by atoms with Gasteiger partial charge in [0.05, 0.1) is 6.10 Å². The van der Waals surface area contributed by atoms with Crippen LogP contribution < -0.4 is 10.4 Å². The van der Waals surface area contributed by atoms with Gasteiger partial charge in [0.15, 0.2) is 5.79 Å². The van der Waals surface area contributed by atoms with Crippen molar-refractivity contribution in [1.29, 1.82) is 0 Å². The largest absolute Gasteiger partial charge is 0.407 e. The number of ether oxygens (including phenoxy) is 4. The normalized spacial score (nSPS) is 28.2. The molecule has 2 aromatic rings. The fourth-order valence-electron chi connectivity index (χ4n) is 5.72. The zero-order chi connectivity index (χ0) is 26.1. The van der Waals surface area contributed by atoms with Crippen molar-refractivity contribution in [3.8, 4) is 0 Å². The summed E-state index contributed by atoms with van der Waals surface area (Å²) in [5.41, 5.74) is 0.636. The van der Waals surface area contributed by atoms with Crippen LogP contribution in [-0.2, 0) is 23.4 Å². The molecule has 0 amide bonds. The third-order valence-corrected chi connectivity index (χ3v) is 12.3. The molecular formula is C29H40O6Si. The van der Waals surface area contributed by atoms with Gasteiger partial charge in [-0.2, -0.15) is 0 Å². The van der Waals surface area contributed by atoms with Crippen LogP contribution in [0.4, 0.5) is 0 Å². The third kappa shape index (κ3) is 4.98. The van der Waals surface area contributed by atoms with E-state index in [9.17, 15) is 5.11 Å². The Kier molecular flexibility index (Phi) is 7.93. The maximum Gasteiger partial charge on any atom is 0.261 e. The van der Waals surface area contributed by atoms with Crippen LogP contribution in [0.1, 0.15) is 34.6 Å². The molecule has 0 bridgehead atoms. The molecule has 0 unspecified atom stereocenters. The minimum atomic E-state index is -2.79. The van der Waals surface area contributed by atoms with Crippen LogP contribution in [0.25, 0.3) is 0 Å². The molecule has 0 radical (unpaired) electrons. The highest BCUT2D eigenvalue weighted by molar-refractivity contribution is 6.99. The zero-order valence-corrected chi connectivity index (χ0v) is 23.3. The van der Waals surface area contributed by atoms with Crippen LogP contribution >= 0.6 is 0 Å². The molecule has 1 N–H and O–H groups in total. The molecule has 0 spiro atoms. The maximum atomic E-state index is 11.2. The van der Waals surface area contributed by atoms with E-state index in [4.69, 9.17) is 23.4 Å². The van der Waals surface area contributed by atoms with Crippen molar-refractivity contribution in [2.75, 3.05) is 20.5 Å². The zero-order valence-electron chi connectivity index (χ0n) is 22.3. The molecule has 7 heteroatoms. The summed E-state index contributed by atoms with van der Waals surface area (Å²) >= 11 is 0.